The van der Waals surface area contributed by atoms with E-state index in [0.29, 0.717) is 33.8 Å². The summed E-state index contributed by atoms with van der Waals surface area (Å²) in [6.45, 7) is 0.216. The van der Waals surface area contributed by atoms with Gasteiger partial charge in [-0.25, -0.2) is 0 Å². The number of carbonyl (C=O) groups excluding carboxylic acids is 1. The van der Waals surface area contributed by atoms with Gasteiger partial charge in [-0.1, -0.05) is 0 Å². The van der Waals surface area contributed by atoms with Crippen LogP contribution in [-0.4, -0.2) is 55.0 Å². The van der Waals surface area contributed by atoms with Gasteiger partial charge in [-0.05, 0) is 0 Å². The summed E-state index contributed by atoms with van der Waals surface area (Å²) in [5.41, 5.74) is 2.11. The number of ether oxygens (including phenoxy) is 2. The van der Waals surface area contributed by atoms with Gasteiger partial charge in [0.2, 0.25) is 0 Å². The molecule has 0 bridgehead atoms. The summed E-state index contributed by atoms with van der Waals surface area (Å²) in [5.74, 6) is 0.682. The van der Waals surface area contributed by atoms with Crippen LogP contribution in [0.1, 0.15) is 15.9 Å². The minimum atomic E-state index is -3.20. The molecule has 10 heteroatoms. The first-order valence-electron chi connectivity index (χ1n) is 10.9. The van der Waals surface area contributed by atoms with E-state index in [-0.39, 0.29) is 22.6 Å². The molecule has 1 radical (unpaired) electrons. The average molecular weight is 572 g/mol. The van der Waals surface area contributed by atoms with Crippen molar-refractivity contribution in [1.29, 1.82) is 0 Å². The number of halogens is 1. The van der Waals surface area contributed by atoms with Crippen molar-refractivity contribution in [3.05, 3.63) is 77.6 Å². The summed E-state index contributed by atoms with van der Waals surface area (Å²) in [5, 5.41) is 3.14. The Morgan fingerprint density at radius 2 is 1.86 bits per heavy atom. The maximum absolute atomic E-state index is 13.5. The van der Waals surface area contributed by atoms with Crippen molar-refractivity contribution in [3.63, 3.8) is 0 Å². The zero-order valence-corrected chi connectivity index (χ0v) is 22.6. The van der Waals surface area contributed by atoms with E-state index in [4.69, 9.17) is 13.9 Å². The van der Waals surface area contributed by atoms with Crippen molar-refractivity contribution in [2.75, 3.05) is 25.0 Å². The van der Waals surface area contributed by atoms with E-state index in [0.717, 1.165) is 9.91 Å². The number of hydrogen-bond donors (Lipinski definition) is 1. The fourth-order valence-corrected chi connectivity index (χ4v) is 7.38. The topological polar surface area (TPSA) is 94.8 Å². The Kier molecular flexibility index (Phi) is 7.71. The fraction of sp³-hybridized carbons (Fsp3) is 0.192. The van der Waals surface area contributed by atoms with Gasteiger partial charge >= 0.3 is 216 Å². The summed E-state index contributed by atoms with van der Waals surface area (Å²) in [4.78, 5) is 12.9. The summed E-state index contributed by atoms with van der Waals surface area (Å²) in [6, 6.07) is 16.5. The van der Waals surface area contributed by atoms with E-state index in [1.54, 1.807) is 19.2 Å². The molecule has 0 atom stereocenters. The van der Waals surface area contributed by atoms with Crippen LogP contribution in [0.25, 0.3) is 22.3 Å². The number of methoxy groups -OCH3 is 1. The molecule has 0 saturated carbocycles. The molecule has 1 aromatic heterocycles. The van der Waals surface area contributed by atoms with Crippen LogP contribution in [0.4, 0.5) is 4.39 Å². The quantitative estimate of drug-likeness (QED) is 0.309. The van der Waals surface area contributed by atoms with Gasteiger partial charge in [0, 0.05) is 0 Å². The third-order valence-electron chi connectivity index (χ3n) is 5.33. The van der Waals surface area contributed by atoms with Crippen LogP contribution in [0.5, 0.6) is 11.5 Å². The minimum absolute atomic E-state index is 0.0123. The van der Waals surface area contributed by atoms with Crippen molar-refractivity contribution in [3.8, 4) is 22.8 Å². The first kappa shape index (κ1) is 25.8. The number of fused-ring (bicyclic) bond motifs is 1. The Morgan fingerprint density at radius 1 is 1.11 bits per heavy atom. The number of hydrogen-bond acceptors (Lipinski definition) is 6. The van der Waals surface area contributed by atoms with Crippen LogP contribution >= 0.6 is 0 Å². The number of benzene rings is 3. The summed E-state index contributed by atoms with van der Waals surface area (Å²) < 4.78 is 55.5. The summed E-state index contributed by atoms with van der Waals surface area (Å²) in [6.07, 6.45) is 1.20. The Balaban J connectivity index is 1.82. The van der Waals surface area contributed by atoms with Crippen LogP contribution in [0, 0.1) is 5.82 Å². The van der Waals surface area contributed by atoms with Gasteiger partial charge in [-0.2, -0.15) is 0 Å². The molecule has 0 aliphatic rings. The van der Waals surface area contributed by atoms with E-state index < -0.39 is 31.4 Å². The first-order chi connectivity index (χ1) is 17.2. The summed E-state index contributed by atoms with van der Waals surface area (Å²) in [7, 11) is -0.0995. The molecular formula is C26H24AsFNO6S. The molecule has 0 spiro atoms. The Hall–Kier alpha value is -3.29. The number of amides is 1. The molecule has 1 N–H and O–H groups in total. The van der Waals surface area contributed by atoms with Crippen LogP contribution in [0.15, 0.2) is 65.1 Å². The number of sulfone groups is 1. The van der Waals surface area contributed by atoms with Gasteiger partial charge in [0.05, 0.1) is 0 Å². The second kappa shape index (κ2) is 10.8. The van der Waals surface area contributed by atoms with Crippen molar-refractivity contribution >= 4 is 46.8 Å². The van der Waals surface area contributed by atoms with Crippen LogP contribution in [0.3, 0.4) is 0 Å². The summed E-state index contributed by atoms with van der Waals surface area (Å²) >= 11 is -0.805. The monoisotopic (exact) mass is 572 g/mol. The standard InChI is InChI=1S/C26H24AsFNO6S/c1-29-26(30)24-20-12-23(34-14-16-5-4-6-19(11-16)33-2)21(27-15-36(3,31)32)13-22(20)35-25(24)17-7-9-18(28)10-8-17/h4-13H,14-15H2,1-3H3,(H,29,30). The molecule has 1 amide bonds. The fourth-order valence-electron chi connectivity index (χ4n) is 3.62. The molecule has 7 nitrogen and oxygen atoms in total. The number of nitrogens with one attached hydrogen (secondary N) is 1. The molecule has 4 rings (SSSR count). The molecular weight excluding hydrogens is 548 g/mol. The molecule has 3 aromatic carbocycles. The Bertz CT molecular complexity index is 1520. The third-order valence-corrected chi connectivity index (χ3v) is 11.1. The predicted octanol–water partition coefficient (Wildman–Crippen LogP) is 3.52. The molecule has 0 saturated heterocycles. The van der Waals surface area contributed by atoms with Gasteiger partial charge in [0.1, 0.15) is 0 Å². The number of carbonyl (C=O) groups is 1. The van der Waals surface area contributed by atoms with Crippen LogP contribution in [0.2, 0.25) is 0 Å². The maximum atomic E-state index is 13.5. The molecule has 36 heavy (non-hydrogen) atoms. The zero-order chi connectivity index (χ0) is 25.9. The first-order valence-corrected chi connectivity index (χ1v) is 15.2. The van der Waals surface area contributed by atoms with Gasteiger partial charge in [0.15, 0.2) is 0 Å². The van der Waals surface area contributed by atoms with Crippen molar-refractivity contribution < 1.29 is 31.5 Å². The molecule has 0 aliphatic heterocycles. The van der Waals surface area contributed by atoms with E-state index in [1.165, 1.54) is 37.6 Å². The van der Waals surface area contributed by atoms with Gasteiger partial charge in [-0.3, -0.25) is 0 Å². The molecule has 187 valence electrons. The van der Waals surface area contributed by atoms with Gasteiger partial charge < -0.3 is 0 Å². The average Bonchev–Trinajstić information content (AvgIpc) is 3.23. The SMILES string of the molecule is CNC(=O)c1c(-c2ccc(F)cc2)oc2cc([As]CS(C)(=O)=O)c(OCc3cccc(OC)c3)cc12. The van der Waals surface area contributed by atoms with E-state index in [1.807, 2.05) is 24.3 Å². The molecule has 0 unspecified atom stereocenters. The van der Waals surface area contributed by atoms with Crippen LogP contribution in [-0.2, 0) is 16.4 Å². The predicted molar refractivity (Wildman–Crippen MR) is 137 cm³/mol. The van der Waals surface area contributed by atoms with E-state index in [2.05, 4.69) is 5.32 Å². The zero-order valence-electron chi connectivity index (χ0n) is 19.9. The third kappa shape index (κ3) is 5.91. The van der Waals surface area contributed by atoms with Crippen molar-refractivity contribution in [1.82, 2.24) is 5.32 Å². The normalized spacial score (nSPS) is 11.8. The second-order valence-electron chi connectivity index (χ2n) is 8.06. The van der Waals surface area contributed by atoms with E-state index in [9.17, 15) is 17.6 Å². The molecule has 4 aromatic rings. The van der Waals surface area contributed by atoms with Crippen molar-refractivity contribution in [2.45, 2.75) is 6.61 Å². The second-order valence-corrected chi connectivity index (χ2v) is 13.5. The number of rotatable bonds is 9. The van der Waals surface area contributed by atoms with Crippen molar-refractivity contribution in [2.24, 2.45) is 0 Å². The molecule has 0 aliphatic carbocycles. The molecule has 0 fully saturated rings. The van der Waals surface area contributed by atoms with Crippen LogP contribution < -0.4 is 19.1 Å². The number of furan rings is 1. The van der Waals surface area contributed by atoms with Gasteiger partial charge in [0.25, 0.3) is 0 Å². The Labute approximate surface area is 215 Å². The molecule has 1 heterocycles. The van der Waals surface area contributed by atoms with Gasteiger partial charge in [-0.15, -0.1) is 0 Å². The Morgan fingerprint density at radius 3 is 2.53 bits per heavy atom. The van der Waals surface area contributed by atoms with E-state index >= 15 is 0 Å².